The molecule has 0 saturated heterocycles. The maximum atomic E-state index is 12.0. The van der Waals surface area contributed by atoms with Crippen LogP contribution in [0.15, 0.2) is 10.9 Å². The summed E-state index contributed by atoms with van der Waals surface area (Å²) in [6.45, 7) is 12.4. The third-order valence-corrected chi connectivity index (χ3v) is 2.79. The smallest absolute Gasteiger partial charge is 0.264 e. The van der Waals surface area contributed by atoms with E-state index in [9.17, 15) is 4.79 Å². The van der Waals surface area contributed by atoms with E-state index in [1.807, 2.05) is 6.07 Å². The summed E-state index contributed by atoms with van der Waals surface area (Å²) in [5, 5.41) is 0. The molecule has 0 unspecified atom stereocenters. The average molecular weight is 231 g/mol. The molecule has 0 aromatic carbocycles. The molecule has 1 aromatic rings. The molecular formula is C15H21NO. The molecule has 92 valence electrons. The number of hydrogen-bond donors (Lipinski definition) is 1. The zero-order chi connectivity index (χ0) is 13.4. The molecule has 2 heteroatoms. The first-order chi connectivity index (χ1) is 7.57. The van der Waals surface area contributed by atoms with E-state index in [1.54, 1.807) is 0 Å². The van der Waals surface area contributed by atoms with Crippen LogP contribution in [0, 0.1) is 12.3 Å². The minimum atomic E-state index is -0.162. The Kier molecular flexibility index (Phi) is 3.25. The minimum absolute atomic E-state index is 0.0910. The Morgan fingerprint density at radius 1 is 1.12 bits per heavy atom. The summed E-state index contributed by atoms with van der Waals surface area (Å²) in [6.07, 6.45) is 5.44. The SMILES string of the molecule is C#Cc1c(C(C)(C)C)cc(C(C)(C)C)[nH]c1=O. The Bertz CT molecular complexity index is 516. The van der Waals surface area contributed by atoms with Gasteiger partial charge in [0.25, 0.3) is 5.56 Å². The van der Waals surface area contributed by atoms with Gasteiger partial charge < -0.3 is 4.98 Å². The van der Waals surface area contributed by atoms with E-state index in [4.69, 9.17) is 6.42 Å². The van der Waals surface area contributed by atoms with Gasteiger partial charge in [-0.25, -0.2) is 0 Å². The number of hydrogen-bond acceptors (Lipinski definition) is 1. The number of aromatic amines is 1. The Balaban J connectivity index is 3.64. The molecular weight excluding hydrogens is 210 g/mol. The number of rotatable bonds is 0. The van der Waals surface area contributed by atoms with E-state index >= 15 is 0 Å². The van der Waals surface area contributed by atoms with Crippen molar-refractivity contribution in [3.8, 4) is 12.3 Å². The average Bonchev–Trinajstić information content (AvgIpc) is 2.13. The summed E-state index contributed by atoms with van der Waals surface area (Å²) in [5.41, 5.74) is 1.93. The van der Waals surface area contributed by atoms with Gasteiger partial charge in [-0.15, -0.1) is 6.42 Å². The van der Waals surface area contributed by atoms with Crippen LogP contribution in [0.5, 0.6) is 0 Å². The van der Waals surface area contributed by atoms with Crippen LogP contribution in [0.2, 0.25) is 0 Å². The standard InChI is InChI=1S/C15H21NO/c1-8-10-11(14(2,3)4)9-12(15(5,6)7)16-13(10)17/h1,9H,2-7H3,(H,16,17). The van der Waals surface area contributed by atoms with Crippen LogP contribution in [-0.2, 0) is 10.8 Å². The molecule has 0 aliphatic rings. The fraction of sp³-hybridized carbons (Fsp3) is 0.533. The molecule has 0 radical (unpaired) electrons. The summed E-state index contributed by atoms with van der Waals surface area (Å²) in [6, 6.07) is 2.02. The Labute approximate surface area is 103 Å². The molecule has 0 bridgehead atoms. The fourth-order valence-corrected chi connectivity index (χ4v) is 1.70. The molecule has 0 spiro atoms. The van der Waals surface area contributed by atoms with Crippen molar-refractivity contribution in [3.63, 3.8) is 0 Å². The van der Waals surface area contributed by atoms with Gasteiger partial charge in [0.15, 0.2) is 0 Å². The van der Waals surface area contributed by atoms with Crippen LogP contribution in [0.4, 0.5) is 0 Å². The van der Waals surface area contributed by atoms with E-state index in [0.717, 1.165) is 11.3 Å². The van der Waals surface area contributed by atoms with Gasteiger partial charge in [-0.3, -0.25) is 4.79 Å². The van der Waals surface area contributed by atoms with Crippen molar-refractivity contribution in [2.75, 3.05) is 0 Å². The van der Waals surface area contributed by atoms with E-state index < -0.39 is 0 Å². The number of terminal acetylenes is 1. The first kappa shape index (κ1) is 13.6. The summed E-state index contributed by atoms with van der Waals surface area (Å²) < 4.78 is 0. The number of H-pyrrole nitrogens is 1. The van der Waals surface area contributed by atoms with Crippen molar-refractivity contribution in [2.45, 2.75) is 52.4 Å². The van der Waals surface area contributed by atoms with Crippen LogP contribution in [0.25, 0.3) is 0 Å². The summed E-state index contributed by atoms with van der Waals surface area (Å²) >= 11 is 0. The van der Waals surface area contributed by atoms with Gasteiger partial charge >= 0.3 is 0 Å². The fourth-order valence-electron chi connectivity index (χ4n) is 1.70. The Morgan fingerprint density at radius 3 is 2.00 bits per heavy atom. The molecule has 0 fully saturated rings. The van der Waals surface area contributed by atoms with Crippen molar-refractivity contribution in [3.05, 3.63) is 33.2 Å². The summed E-state index contributed by atoms with van der Waals surface area (Å²) in [4.78, 5) is 14.9. The second-order valence-electron chi connectivity index (χ2n) is 6.45. The zero-order valence-electron chi connectivity index (χ0n) is 11.6. The largest absolute Gasteiger partial charge is 0.325 e. The molecule has 0 aliphatic heterocycles. The predicted octanol–water partition coefficient (Wildman–Crippen LogP) is 2.95. The molecule has 1 heterocycles. The van der Waals surface area contributed by atoms with Crippen LogP contribution in [0.1, 0.15) is 58.4 Å². The third-order valence-electron chi connectivity index (χ3n) is 2.79. The van der Waals surface area contributed by atoms with Crippen LogP contribution in [-0.4, -0.2) is 4.98 Å². The van der Waals surface area contributed by atoms with Gasteiger partial charge in [-0.2, -0.15) is 0 Å². The minimum Gasteiger partial charge on any atom is -0.325 e. The summed E-state index contributed by atoms with van der Waals surface area (Å²) in [7, 11) is 0. The number of aromatic nitrogens is 1. The quantitative estimate of drug-likeness (QED) is 0.684. The molecule has 0 amide bonds. The molecule has 1 N–H and O–H groups in total. The zero-order valence-corrected chi connectivity index (χ0v) is 11.6. The highest BCUT2D eigenvalue weighted by Crippen LogP contribution is 2.28. The van der Waals surface area contributed by atoms with Gasteiger partial charge in [0.1, 0.15) is 0 Å². The van der Waals surface area contributed by atoms with E-state index in [2.05, 4.69) is 52.4 Å². The van der Waals surface area contributed by atoms with Gasteiger partial charge in [0, 0.05) is 11.1 Å². The third kappa shape index (κ3) is 2.79. The maximum Gasteiger partial charge on any atom is 0.264 e. The lowest BCUT2D eigenvalue weighted by molar-refractivity contribution is 0.549. The highest BCUT2D eigenvalue weighted by Gasteiger charge is 2.23. The van der Waals surface area contributed by atoms with Crippen LogP contribution in [0.3, 0.4) is 0 Å². The second-order valence-corrected chi connectivity index (χ2v) is 6.45. The first-order valence-corrected chi connectivity index (χ1v) is 5.82. The Hall–Kier alpha value is -1.49. The van der Waals surface area contributed by atoms with Gasteiger partial charge in [-0.1, -0.05) is 47.5 Å². The van der Waals surface area contributed by atoms with Crippen LogP contribution < -0.4 is 5.56 Å². The van der Waals surface area contributed by atoms with Crippen molar-refractivity contribution in [1.29, 1.82) is 0 Å². The van der Waals surface area contributed by atoms with Crippen LogP contribution >= 0.6 is 0 Å². The monoisotopic (exact) mass is 231 g/mol. The van der Waals surface area contributed by atoms with Gasteiger partial charge in [0.2, 0.25) is 0 Å². The molecule has 1 rings (SSSR count). The maximum absolute atomic E-state index is 12.0. The second kappa shape index (κ2) is 4.07. The topological polar surface area (TPSA) is 32.9 Å². The van der Waals surface area contributed by atoms with E-state index in [0.29, 0.717) is 5.56 Å². The van der Waals surface area contributed by atoms with Crippen molar-refractivity contribution >= 4 is 0 Å². The summed E-state index contributed by atoms with van der Waals surface area (Å²) in [5.74, 6) is 2.51. The molecule has 2 nitrogen and oxygen atoms in total. The van der Waals surface area contributed by atoms with Crippen molar-refractivity contribution in [2.24, 2.45) is 0 Å². The Morgan fingerprint density at radius 2 is 1.65 bits per heavy atom. The van der Waals surface area contributed by atoms with Gasteiger partial charge in [-0.05, 0) is 17.0 Å². The first-order valence-electron chi connectivity index (χ1n) is 5.82. The number of pyridine rings is 1. The van der Waals surface area contributed by atoms with E-state index in [1.165, 1.54) is 0 Å². The van der Waals surface area contributed by atoms with E-state index in [-0.39, 0.29) is 16.4 Å². The molecule has 0 aliphatic carbocycles. The lowest BCUT2D eigenvalue weighted by atomic mass is 9.81. The lowest BCUT2D eigenvalue weighted by Crippen LogP contribution is -2.26. The predicted molar refractivity (Wildman–Crippen MR) is 72.4 cm³/mol. The van der Waals surface area contributed by atoms with Crippen molar-refractivity contribution < 1.29 is 0 Å². The number of nitrogens with one attached hydrogen (secondary N) is 1. The highest BCUT2D eigenvalue weighted by atomic mass is 16.1. The van der Waals surface area contributed by atoms with Crippen molar-refractivity contribution in [1.82, 2.24) is 4.98 Å². The molecule has 1 aromatic heterocycles. The molecule has 17 heavy (non-hydrogen) atoms. The molecule has 0 saturated carbocycles. The normalized spacial score (nSPS) is 12.3. The lowest BCUT2D eigenvalue weighted by Gasteiger charge is -2.25. The van der Waals surface area contributed by atoms with Gasteiger partial charge in [0.05, 0.1) is 5.56 Å². The molecule has 0 atom stereocenters. The highest BCUT2D eigenvalue weighted by molar-refractivity contribution is 5.43.